The van der Waals surface area contributed by atoms with Gasteiger partial charge in [0.2, 0.25) is 0 Å². The van der Waals surface area contributed by atoms with Crippen molar-refractivity contribution in [2.75, 3.05) is 18.8 Å². The van der Waals surface area contributed by atoms with Gasteiger partial charge in [-0.05, 0) is 85.6 Å². The zero-order chi connectivity index (χ0) is 24.2. The first kappa shape index (κ1) is 26.8. The first-order valence-electron chi connectivity index (χ1n) is 11.6. The first-order valence-corrected chi connectivity index (χ1v) is 13.2. The molecule has 182 valence electrons. The van der Waals surface area contributed by atoms with Gasteiger partial charge in [-0.3, -0.25) is 9.35 Å². The number of unbranched alkanes of at least 4 members (excludes halogenated alkanes) is 1. The molecule has 0 heterocycles. The van der Waals surface area contributed by atoms with E-state index in [4.69, 9.17) is 11.5 Å². The molecule has 0 unspecified atom stereocenters. The molecule has 1 saturated carbocycles. The quantitative estimate of drug-likeness (QED) is 0.354. The Kier molecular flexibility index (Phi) is 8.90. The molecule has 1 aromatic carbocycles. The number of carboxylic acid groups (broad SMARTS) is 1. The predicted molar refractivity (Wildman–Crippen MR) is 127 cm³/mol. The summed E-state index contributed by atoms with van der Waals surface area (Å²) in [5.41, 5.74) is 12.2. The fraction of sp³-hybridized carbons (Fsp3) is 0.708. The number of hydrogen-bond acceptors (Lipinski definition) is 5. The Morgan fingerprint density at radius 3 is 2.31 bits per heavy atom. The Labute approximate surface area is 192 Å². The lowest BCUT2D eigenvalue weighted by atomic mass is 9.49. The summed E-state index contributed by atoms with van der Waals surface area (Å²) < 4.78 is 32.8. The van der Waals surface area contributed by atoms with E-state index in [1.807, 2.05) is 0 Å². The number of hydrogen-bond donors (Lipinski definition) is 4. The van der Waals surface area contributed by atoms with Gasteiger partial charge in [-0.15, -0.1) is 0 Å². The molecule has 0 spiro atoms. The molecule has 0 saturated heterocycles. The van der Waals surface area contributed by atoms with E-state index in [1.165, 1.54) is 11.1 Å². The molecule has 7 nitrogen and oxygen atoms in total. The van der Waals surface area contributed by atoms with Crippen molar-refractivity contribution in [1.29, 1.82) is 0 Å². The van der Waals surface area contributed by atoms with Gasteiger partial charge in [-0.25, -0.2) is 0 Å². The second-order valence-electron chi connectivity index (χ2n) is 9.91. The normalized spacial score (nSPS) is 27.2. The third-order valence-electron chi connectivity index (χ3n) is 7.39. The third-order valence-corrected chi connectivity index (χ3v) is 8.27. The van der Waals surface area contributed by atoms with Gasteiger partial charge in [0.15, 0.2) is 0 Å². The SMILES string of the molecule is CC(C)c1ccc2c(c1)CC[C@H]1[C@@](CS(=O)(=O)O)(C(=O)O)CCC[C@]21C.NCCCCN. The molecule has 6 N–H and O–H groups in total. The topological polar surface area (TPSA) is 144 Å². The Balaban J connectivity index is 0.000000534. The zero-order valence-electron chi connectivity index (χ0n) is 19.6. The van der Waals surface area contributed by atoms with Gasteiger partial charge in [-0.2, -0.15) is 8.42 Å². The second-order valence-corrected chi connectivity index (χ2v) is 11.4. The van der Waals surface area contributed by atoms with E-state index < -0.39 is 27.3 Å². The van der Waals surface area contributed by atoms with Crippen LogP contribution in [0, 0.1) is 11.3 Å². The number of nitrogens with two attached hydrogens (primary N) is 2. The summed E-state index contributed by atoms with van der Waals surface area (Å²) in [6, 6.07) is 6.44. The van der Waals surface area contributed by atoms with Crippen LogP contribution in [0.3, 0.4) is 0 Å². The summed E-state index contributed by atoms with van der Waals surface area (Å²) in [6.45, 7) is 7.93. The molecule has 3 rings (SSSR count). The minimum atomic E-state index is -4.38. The highest BCUT2D eigenvalue weighted by molar-refractivity contribution is 7.85. The van der Waals surface area contributed by atoms with E-state index in [2.05, 4.69) is 39.0 Å². The lowest BCUT2D eigenvalue weighted by molar-refractivity contribution is -0.157. The number of carboxylic acids is 1. The minimum absolute atomic E-state index is 0.293. The van der Waals surface area contributed by atoms with E-state index in [0.717, 1.165) is 44.3 Å². The molecule has 0 aliphatic heterocycles. The maximum absolute atomic E-state index is 12.2. The van der Waals surface area contributed by atoms with Gasteiger partial charge in [0.05, 0.1) is 11.2 Å². The first-order chi connectivity index (χ1) is 14.9. The summed E-state index contributed by atoms with van der Waals surface area (Å²) in [4.78, 5) is 12.2. The van der Waals surface area contributed by atoms with E-state index in [9.17, 15) is 22.9 Å². The number of benzene rings is 1. The van der Waals surface area contributed by atoms with Crippen LogP contribution in [-0.2, 0) is 26.7 Å². The molecule has 32 heavy (non-hydrogen) atoms. The lowest BCUT2D eigenvalue weighted by Crippen LogP contribution is -2.56. The van der Waals surface area contributed by atoms with Crippen LogP contribution < -0.4 is 11.5 Å². The Bertz CT molecular complexity index is 898. The summed E-state index contributed by atoms with van der Waals surface area (Å²) in [6.07, 6.45) is 5.28. The van der Waals surface area contributed by atoms with Crippen LogP contribution in [0.1, 0.15) is 81.9 Å². The molecule has 8 heteroatoms. The standard InChI is InChI=1S/C20H28O5S.C4H12N2/c1-13(2)14-5-7-16-15(11-14)6-8-17-19(16,3)9-4-10-20(17,18(21)22)12-26(23,24)25;5-3-1-2-4-6/h5,7,11,13,17H,4,6,8-10,12H2,1-3H3,(H,21,22)(H,23,24,25);1-6H2/t17-,19-,20-;/m1./s1. The van der Waals surface area contributed by atoms with Crippen molar-refractivity contribution in [3.63, 3.8) is 0 Å². The van der Waals surface area contributed by atoms with Crippen molar-refractivity contribution in [3.8, 4) is 0 Å². The number of aryl methyl sites for hydroxylation is 1. The van der Waals surface area contributed by atoms with Crippen molar-refractivity contribution in [1.82, 2.24) is 0 Å². The average Bonchev–Trinajstić information content (AvgIpc) is 2.70. The van der Waals surface area contributed by atoms with Crippen molar-refractivity contribution >= 4 is 16.1 Å². The minimum Gasteiger partial charge on any atom is -0.481 e. The Morgan fingerprint density at radius 2 is 1.81 bits per heavy atom. The second kappa shape index (κ2) is 10.6. The van der Waals surface area contributed by atoms with Crippen LogP contribution in [0.5, 0.6) is 0 Å². The molecule has 3 atom stereocenters. The smallest absolute Gasteiger partial charge is 0.311 e. The van der Waals surface area contributed by atoms with Gasteiger partial charge >= 0.3 is 5.97 Å². The third kappa shape index (κ3) is 5.71. The molecule has 2 aliphatic rings. The van der Waals surface area contributed by atoms with Gasteiger partial charge in [0.1, 0.15) is 0 Å². The fourth-order valence-corrected chi connectivity index (χ4v) is 6.91. The highest BCUT2D eigenvalue weighted by atomic mass is 32.2. The average molecular weight is 469 g/mol. The summed E-state index contributed by atoms with van der Waals surface area (Å²) >= 11 is 0. The highest BCUT2D eigenvalue weighted by Crippen LogP contribution is 2.58. The number of fused-ring (bicyclic) bond motifs is 3. The van der Waals surface area contributed by atoms with Crippen LogP contribution >= 0.6 is 0 Å². The fourth-order valence-electron chi connectivity index (χ4n) is 5.79. The Morgan fingerprint density at radius 1 is 1.19 bits per heavy atom. The van der Waals surface area contributed by atoms with Gasteiger partial charge < -0.3 is 16.6 Å². The van der Waals surface area contributed by atoms with E-state index >= 15 is 0 Å². The monoisotopic (exact) mass is 468 g/mol. The van der Waals surface area contributed by atoms with Crippen LogP contribution in [0.15, 0.2) is 18.2 Å². The molecule has 0 radical (unpaired) electrons. The van der Waals surface area contributed by atoms with Gasteiger partial charge in [-0.1, -0.05) is 45.4 Å². The number of aliphatic carboxylic acids is 1. The largest absolute Gasteiger partial charge is 0.481 e. The molecule has 0 bridgehead atoms. The maximum atomic E-state index is 12.2. The van der Waals surface area contributed by atoms with Crippen LogP contribution in [0.4, 0.5) is 0 Å². The predicted octanol–water partition coefficient (Wildman–Crippen LogP) is 3.46. The molecule has 2 aliphatic carbocycles. The summed E-state index contributed by atoms with van der Waals surface area (Å²) in [7, 11) is -4.38. The van der Waals surface area contributed by atoms with Crippen molar-refractivity contribution in [2.45, 2.75) is 77.0 Å². The number of carbonyl (C=O) groups is 1. The molecular weight excluding hydrogens is 428 g/mol. The van der Waals surface area contributed by atoms with Gasteiger partial charge in [0.25, 0.3) is 10.1 Å². The van der Waals surface area contributed by atoms with Crippen LogP contribution in [0.2, 0.25) is 0 Å². The molecule has 1 aromatic rings. The van der Waals surface area contributed by atoms with E-state index in [1.54, 1.807) is 0 Å². The van der Waals surface area contributed by atoms with Crippen molar-refractivity contribution in [2.24, 2.45) is 22.8 Å². The highest BCUT2D eigenvalue weighted by Gasteiger charge is 2.59. The number of rotatable bonds is 7. The van der Waals surface area contributed by atoms with E-state index in [-0.39, 0.29) is 11.3 Å². The maximum Gasteiger partial charge on any atom is 0.311 e. The Hall–Kier alpha value is -1.48. The molecular formula is C24H40N2O5S. The van der Waals surface area contributed by atoms with E-state index in [0.29, 0.717) is 25.2 Å². The zero-order valence-corrected chi connectivity index (χ0v) is 20.5. The lowest BCUT2D eigenvalue weighted by Gasteiger charge is -2.54. The van der Waals surface area contributed by atoms with Gasteiger partial charge in [0, 0.05) is 0 Å². The molecule has 0 amide bonds. The molecule has 0 aromatic heterocycles. The summed E-state index contributed by atoms with van der Waals surface area (Å²) in [5.74, 6) is -1.68. The summed E-state index contributed by atoms with van der Waals surface area (Å²) in [5, 5.41) is 9.99. The molecule has 1 fully saturated rings. The van der Waals surface area contributed by atoms with Crippen LogP contribution in [-0.4, -0.2) is 42.9 Å². The van der Waals surface area contributed by atoms with Crippen molar-refractivity contribution < 1.29 is 22.9 Å². The van der Waals surface area contributed by atoms with Crippen molar-refractivity contribution in [3.05, 3.63) is 34.9 Å². The van der Waals surface area contributed by atoms with Crippen LogP contribution in [0.25, 0.3) is 0 Å².